The van der Waals surface area contributed by atoms with Crippen LogP contribution in [-0.4, -0.2) is 17.9 Å². The van der Waals surface area contributed by atoms with Crippen LogP contribution in [0, 0.1) is 0 Å². The van der Waals surface area contributed by atoms with Crippen LogP contribution in [0.1, 0.15) is 64.7 Å². The molecule has 0 saturated heterocycles. The van der Waals surface area contributed by atoms with Gasteiger partial charge in [-0.15, -0.1) is 0 Å². The number of allylic oxidation sites excluding steroid dienone is 1. The van der Waals surface area contributed by atoms with Crippen molar-refractivity contribution in [1.29, 1.82) is 0 Å². The Morgan fingerprint density at radius 2 is 1.50 bits per heavy atom. The lowest BCUT2D eigenvalue weighted by Crippen LogP contribution is -2.49. The molecular formula is C13H30BBrN2O3. The van der Waals surface area contributed by atoms with Crippen LogP contribution in [0.5, 0.6) is 0 Å². The smallest absolute Gasteiger partial charge is 0.111 e. The minimum Gasteiger partial charge on any atom is -0.889 e. The lowest BCUT2D eigenvalue weighted by Gasteiger charge is -2.30. The highest BCUT2D eigenvalue weighted by Gasteiger charge is 2.08. The zero-order chi connectivity index (χ0) is 13.8. The van der Waals surface area contributed by atoms with E-state index in [1.807, 2.05) is 0 Å². The molecule has 0 fully saturated rings. The summed E-state index contributed by atoms with van der Waals surface area (Å²) in [5.41, 5.74) is -0.224. The topological polar surface area (TPSA) is 136 Å². The van der Waals surface area contributed by atoms with Crippen LogP contribution in [0.2, 0.25) is 0 Å². The van der Waals surface area contributed by atoms with Crippen LogP contribution >= 0.6 is 15.9 Å². The van der Waals surface area contributed by atoms with E-state index in [1.54, 1.807) is 0 Å². The van der Waals surface area contributed by atoms with Gasteiger partial charge in [-0.3, -0.25) is 0 Å². The molecule has 0 amide bonds. The van der Waals surface area contributed by atoms with Crippen LogP contribution in [0.15, 0.2) is 5.47 Å². The lowest BCUT2D eigenvalue weighted by molar-refractivity contribution is -0.344. The van der Waals surface area contributed by atoms with E-state index < -0.39 is 11.9 Å². The highest BCUT2D eigenvalue weighted by atomic mass is 79.9. The average molecular weight is 353 g/mol. The number of hydrogen-bond donors (Lipinski definition) is 2. The first-order valence-electron chi connectivity index (χ1n) is 6.84. The molecule has 0 saturated carbocycles. The Balaban J connectivity index is -0.00000144. The Labute approximate surface area is 131 Å². The number of halogens is 1. The maximum Gasteiger partial charge on any atom is 0.111 e. The second kappa shape index (κ2) is 16.9. The Kier molecular flexibility index (Phi) is 21.0. The van der Waals surface area contributed by atoms with Crippen molar-refractivity contribution in [1.82, 2.24) is 12.3 Å². The average Bonchev–Trinajstić information content (AvgIpc) is 2.33. The van der Waals surface area contributed by atoms with Crippen molar-refractivity contribution in [3.63, 3.8) is 0 Å². The first kappa shape index (κ1) is 24.8. The molecule has 0 aromatic heterocycles. The van der Waals surface area contributed by atoms with Gasteiger partial charge >= 0.3 is 0 Å². The van der Waals surface area contributed by atoms with E-state index in [-0.39, 0.29) is 17.8 Å². The molecular weight excluding hydrogens is 323 g/mol. The molecule has 20 heavy (non-hydrogen) atoms. The van der Waals surface area contributed by atoms with Gasteiger partial charge in [0.25, 0.3) is 0 Å². The van der Waals surface area contributed by atoms with Gasteiger partial charge in [-0.1, -0.05) is 86.8 Å². The van der Waals surface area contributed by atoms with E-state index in [9.17, 15) is 14.8 Å². The largest absolute Gasteiger partial charge is 0.889 e. The second-order valence-electron chi connectivity index (χ2n) is 4.62. The molecule has 0 aliphatic heterocycles. The molecule has 0 aliphatic rings. The van der Waals surface area contributed by atoms with Gasteiger partial charge < -0.3 is 22.3 Å². The molecule has 1 atom stereocenters. The van der Waals surface area contributed by atoms with E-state index >= 15 is 0 Å². The predicted molar refractivity (Wildman–Crippen MR) is 86.9 cm³/mol. The van der Waals surface area contributed by atoms with E-state index in [2.05, 4.69) is 22.9 Å². The van der Waals surface area contributed by atoms with Gasteiger partial charge in [0.15, 0.2) is 0 Å². The second-order valence-corrected chi connectivity index (χ2v) is 5.73. The summed E-state index contributed by atoms with van der Waals surface area (Å²) < 4.78 is 0. The van der Waals surface area contributed by atoms with Crippen LogP contribution in [0.4, 0.5) is 0 Å². The molecule has 0 aromatic carbocycles. The van der Waals surface area contributed by atoms with E-state index in [4.69, 9.17) is 0 Å². The highest BCUT2D eigenvalue weighted by Crippen LogP contribution is 2.18. The highest BCUT2D eigenvalue weighted by molar-refractivity contribution is 9.09. The van der Waals surface area contributed by atoms with Crippen LogP contribution < -0.4 is 22.3 Å². The monoisotopic (exact) mass is 352 g/mol. The Morgan fingerprint density at radius 1 is 1.05 bits per heavy atom. The van der Waals surface area contributed by atoms with Crippen LogP contribution in [0.25, 0.3) is 0 Å². The summed E-state index contributed by atoms with van der Waals surface area (Å²) in [4.78, 5) is 10.0. The normalized spacial score (nSPS) is 10.8. The van der Waals surface area contributed by atoms with Crippen molar-refractivity contribution in [2.75, 3.05) is 0 Å². The summed E-state index contributed by atoms with van der Waals surface area (Å²) in [6.45, 7) is 2.20. The van der Waals surface area contributed by atoms with Crippen LogP contribution in [-0.2, 0) is 4.79 Å². The molecule has 0 heterocycles. The third-order valence-electron chi connectivity index (χ3n) is 3.02. The molecule has 0 rings (SSSR count). The molecule has 0 aliphatic carbocycles. The Morgan fingerprint density at radius 3 is 1.90 bits per heavy atom. The third kappa shape index (κ3) is 12.8. The van der Waals surface area contributed by atoms with Crippen LogP contribution in [0.3, 0.4) is 0 Å². The van der Waals surface area contributed by atoms with E-state index in [1.165, 1.54) is 44.5 Å². The molecule has 0 bridgehead atoms. The van der Waals surface area contributed by atoms with Gasteiger partial charge in [0.2, 0.25) is 0 Å². The Hall–Kier alpha value is -0.165. The fraction of sp³-hybridized carbons (Fsp3) is 0.846. The van der Waals surface area contributed by atoms with E-state index in [0.717, 1.165) is 12.8 Å². The quantitative estimate of drug-likeness (QED) is 0.256. The summed E-state index contributed by atoms with van der Waals surface area (Å²) in [6, 6.07) is 0. The molecule has 5 nitrogen and oxygen atoms in total. The summed E-state index contributed by atoms with van der Waals surface area (Å²) >= 11 is 3.21. The third-order valence-corrected chi connectivity index (χ3v) is 3.97. The molecule has 8 N–H and O–H groups in total. The van der Waals surface area contributed by atoms with Gasteiger partial charge in [-0.25, -0.2) is 4.79 Å². The van der Waals surface area contributed by atoms with Gasteiger partial charge in [0, 0.05) is 4.83 Å². The number of hydrogen-bond acceptors (Lipinski definition) is 3. The zero-order valence-corrected chi connectivity index (χ0v) is 14.7. The molecule has 120 valence electrons. The molecule has 0 spiro atoms. The van der Waals surface area contributed by atoms with Gasteiger partial charge in [0.1, 0.15) is 5.94 Å². The summed E-state index contributed by atoms with van der Waals surface area (Å²) in [5, 5.41) is 21.3. The molecule has 0 radical (unpaired) electrons. The molecule has 7 heteroatoms. The summed E-state index contributed by atoms with van der Waals surface area (Å²) in [6.07, 6.45) is 10.3. The number of quaternary nitrogens is 2. The number of carbonyl (C=O) groups excluding carboxylic acids is 1. The van der Waals surface area contributed by atoms with Crippen molar-refractivity contribution >= 4 is 29.0 Å². The summed E-state index contributed by atoms with van der Waals surface area (Å²) in [7, 11) is -2.19. The minimum absolute atomic E-state index is 0. The zero-order valence-electron chi connectivity index (χ0n) is 13.1. The van der Waals surface area contributed by atoms with Crippen molar-refractivity contribution < 1.29 is 14.8 Å². The van der Waals surface area contributed by atoms with Gasteiger partial charge in [-0.05, 0) is 6.42 Å². The van der Waals surface area contributed by atoms with Crippen molar-refractivity contribution in [3.8, 4) is 0 Å². The molecule has 1 unspecified atom stereocenters. The first-order chi connectivity index (χ1) is 8.63. The SMILES string of the molecule is CCCCCCCCCCC(Br)C(=C=O)B([O-])[O-].[NH4+].[NH4+]. The Bertz CT molecular complexity index is 262. The number of rotatable bonds is 11. The fourth-order valence-corrected chi connectivity index (χ4v) is 2.51. The number of unbranched alkanes of at least 4 members (excludes halogenated alkanes) is 7. The van der Waals surface area contributed by atoms with Crippen molar-refractivity contribution in [2.45, 2.75) is 69.5 Å². The standard InChI is InChI=1S/C13H22BBrO3.2H3N/c1-2-3-4-5-6-7-8-9-10-13(15)12(11-16)14(17)18;;/h13H,2-10H2,1H3;2*1H3/q-2;;/p+2. The van der Waals surface area contributed by atoms with E-state index in [0.29, 0.717) is 6.42 Å². The fourth-order valence-electron chi connectivity index (χ4n) is 1.87. The van der Waals surface area contributed by atoms with Crippen molar-refractivity contribution in [2.24, 2.45) is 0 Å². The molecule has 0 aromatic rings. The lowest BCUT2D eigenvalue weighted by atomic mass is 9.77. The van der Waals surface area contributed by atoms with Gasteiger partial charge in [-0.2, -0.15) is 0 Å². The maximum absolute atomic E-state index is 10.7. The van der Waals surface area contributed by atoms with Gasteiger partial charge in [0.05, 0.1) is 0 Å². The maximum atomic E-state index is 10.7. The first-order valence-corrected chi connectivity index (χ1v) is 7.75. The minimum atomic E-state index is -2.19. The predicted octanol–water partition coefficient (Wildman–Crippen LogP) is 2.54. The summed E-state index contributed by atoms with van der Waals surface area (Å²) in [5.74, 6) is 1.47. The number of alkyl halides is 1. The van der Waals surface area contributed by atoms with Crippen molar-refractivity contribution in [3.05, 3.63) is 5.47 Å².